The van der Waals surface area contributed by atoms with E-state index in [1.807, 2.05) is 31.2 Å². The van der Waals surface area contributed by atoms with Crippen LogP contribution < -0.4 is 10.0 Å². The number of aryl methyl sites for hydroxylation is 1. The quantitative estimate of drug-likeness (QED) is 0.667. The van der Waals surface area contributed by atoms with Crippen LogP contribution in [-0.2, 0) is 23.0 Å². The average Bonchev–Trinajstić information content (AvgIpc) is 2.68. The standard InChI is InChI=1S/C19H20N4O2S/c1-2-15-5-8-18(9-6-15)26(24,25)23-17-7-10-19(22-14-17)21-13-16-4-3-11-20-12-16/h3-12,14,23H,2,13H2,1H3,(H,21,22). The minimum Gasteiger partial charge on any atom is -0.366 e. The van der Waals surface area contributed by atoms with E-state index in [2.05, 4.69) is 20.0 Å². The molecular weight excluding hydrogens is 348 g/mol. The van der Waals surface area contributed by atoms with Crippen LogP contribution in [0.2, 0.25) is 0 Å². The number of hydrogen-bond donors (Lipinski definition) is 2. The van der Waals surface area contributed by atoms with Crippen LogP contribution in [0.1, 0.15) is 18.1 Å². The Bertz CT molecular complexity index is 941. The fourth-order valence-electron chi connectivity index (χ4n) is 2.37. The second-order valence-electron chi connectivity index (χ2n) is 5.75. The third-order valence-corrected chi connectivity index (χ3v) is 5.25. The summed E-state index contributed by atoms with van der Waals surface area (Å²) in [5, 5.41) is 3.17. The lowest BCUT2D eigenvalue weighted by atomic mass is 10.2. The molecule has 0 saturated heterocycles. The monoisotopic (exact) mass is 368 g/mol. The molecule has 2 N–H and O–H groups in total. The van der Waals surface area contributed by atoms with Gasteiger partial charge < -0.3 is 5.32 Å². The van der Waals surface area contributed by atoms with E-state index in [1.54, 1.807) is 36.7 Å². The Labute approximate surface area is 153 Å². The van der Waals surface area contributed by atoms with Gasteiger partial charge in [-0.25, -0.2) is 13.4 Å². The van der Waals surface area contributed by atoms with Gasteiger partial charge in [-0.15, -0.1) is 0 Å². The van der Waals surface area contributed by atoms with Crippen molar-refractivity contribution in [2.75, 3.05) is 10.0 Å². The zero-order valence-electron chi connectivity index (χ0n) is 14.4. The molecule has 0 unspecified atom stereocenters. The highest BCUT2D eigenvalue weighted by molar-refractivity contribution is 7.92. The lowest BCUT2D eigenvalue weighted by Crippen LogP contribution is -2.13. The SMILES string of the molecule is CCc1ccc(S(=O)(=O)Nc2ccc(NCc3cccnc3)nc2)cc1. The Kier molecular flexibility index (Phi) is 5.48. The third-order valence-electron chi connectivity index (χ3n) is 3.85. The van der Waals surface area contributed by atoms with Gasteiger partial charge in [-0.1, -0.05) is 25.1 Å². The van der Waals surface area contributed by atoms with E-state index in [0.717, 1.165) is 17.5 Å². The molecule has 3 aromatic rings. The zero-order valence-corrected chi connectivity index (χ0v) is 15.2. The van der Waals surface area contributed by atoms with Gasteiger partial charge in [-0.2, -0.15) is 0 Å². The van der Waals surface area contributed by atoms with E-state index in [-0.39, 0.29) is 4.90 Å². The van der Waals surface area contributed by atoms with Gasteiger partial charge in [0.25, 0.3) is 10.0 Å². The van der Waals surface area contributed by atoms with E-state index in [0.29, 0.717) is 18.1 Å². The summed E-state index contributed by atoms with van der Waals surface area (Å²) in [7, 11) is -3.63. The summed E-state index contributed by atoms with van der Waals surface area (Å²) in [6.45, 7) is 2.62. The van der Waals surface area contributed by atoms with Crippen molar-refractivity contribution >= 4 is 21.5 Å². The second kappa shape index (κ2) is 7.97. The number of hydrogen-bond acceptors (Lipinski definition) is 5. The predicted molar refractivity (Wildman–Crippen MR) is 102 cm³/mol. The van der Waals surface area contributed by atoms with E-state index >= 15 is 0 Å². The van der Waals surface area contributed by atoms with Crippen molar-refractivity contribution in [2.45, 2.75) is 24.8 Å². The van der Waals surface area contributed by atoms with Crippen LogP contribution in [0.25, 0.3) is 0 Å². The zero-order chi connectivity index (χ0) is 18.4. The number of rotatable bonds is 7. The van der Waals surface area contributed by atoms with E-state index in [4.69, 9.17) is 0 Å². The summed E-state index contributed by atoms with van der Waals surface area (Å²) in [6, 6.07) is 14.1. The van der Waals surface area contributed by atoms with Gasteiger partial charge in [0.05, 0.1) is 16.8 Å². The fraction of sp³-hybridized carbons (Fsp3) is 0.158. The molecule has 0 fully saturated rings. The lowest BCUT2D eigenvalue weighted by Gasteiger charge is -2.10. The molecular formula is C19H20N4O2S. The number of pyridine rings is 2. The molecule has 2 aromatic heterocycles. The summed E-state index contributed by atoms with van der Waals surface area (Å²) in [5.74, 6) is 0.657. The first-order valence-corrected chi connectivity index (χ1v) is 9.76. The van der Waals surface area contributed by atoms with Gasteiger partial charge in [0.15, 0.2) is 0 Å². The van der Waals surface area contributed by atoms with Crippen molar-refractivity contribution < 1.29 is 8.42 Å². The molecule has 0 radical (unpaired) electrons. The summed E-state index contributed by atoms with van der Waals surface area (Å²) in [6.07, 6.45) is 5.85. The highest BCUT2D eigenvalue weighted by Crippen LogP contribution is 2.17. The summed E-state index contributed by atoms with van der Waals surface area (Å²) in [5.41, 5.74) is 2.54. The summed E-state index contributed by atoms with van der Waals surface area (Å²) < 4.78 is 27.4. The van der Waals surface area contributed by atoms with Crippen molar-refractivity contribution in [1.29, 1.82) is 0 Å². The first-order valence-electron chi connectivity index (χ1n) is 8.27. The van der Waals surface area contributed by atoms with Crippen LogP contribution in [0.3, 0.4) is 0 Å². The highest BCUT2D eigenvalue weighted by Gasteiger charge is 2.14. The van der Waals surface area contributed by atoms with Crippen molar-refractivity contribution in [1.82, 2.24) is 9.97 Å². The molecule has 7 heteroatoms. The van der Waals surface area contributed by atoms with Gasteiger partial charge in [0.1, 0.15) is 5.82 Å². The minimum absolute atomic E-state index is 0.230. The van der Waals surface area contributed by atoms with Gasteiger partial charge in [-0.3, -0.25) is 9.71 Å². The Morgan fingerprint density at radius 2 is 1.77 bits per heavy atom. The number of nitrogens with zero attached hydrogens (tertiary/aromatic N) is 2. The minimum atomic E-state index is -3.63. The molecule has 0 saturated carbocycles. The van der Waals surface area contributed by atoms with E-state index < -0.39 is 10.0 Å². The Balaban J connectivity index is 1.64. The summed E-state index contributed by atoms with van der Waals surface area (Å²) >= 11 is 0. The second-order valence-corrected chi connectivity index (χ2v) is 7.43. The van der Waals surface area contributed by atoms with E-state index in [1.165, 1.54) is 6.20 Å². The molecule has 1 aromatic carbocycles. The molecule has 2 heterocycles. The van der Waals surface area contributed by atoms with Gasteiger partial charge in [0, 0.05) is 18.9 Å². The van der Waals surface area contributed by atoms with Gasteiger partial charge in [-0.05, 0) is 47.9 Å². The molecule has 6 nitrogen and oxygen atoms in total. The molecule has 26 heavy (non-hydrogen) atoms. The Morgan fingerprint density at radius 1 is 0.962 bits per heavy atom. The number of aromatic nitrogens is 2. The van der Waals surface area contributed by atoms with E-state index in [9.17, 15) is 8.42 Å². The summed E-state index contributed by atoms with van der Waals surface area (Å²) in [4.78, 5) is 8.52. The van der Waals surface area contributed by atoms with Crippen molar-refractivity contribution in [3.8, 4) is 0 Å². The molecule has 0 bridgehead atoms. The molecule has 0 spiro atoms. The van der Waals surface area contributed by atoms with Crippen LogP contribution >= 0.6 is 0 Å². The first-order chi connectivity index (χ1) is 12.6. The fourth-order valence-corrected chi connectivity index (χ4v) is 3.42. The van der Waals surface area contributed by atoms with Crippen LogP contribution in [-0.4, -0.2) is 18.4 Å². The lowest BCUT2D eigenvalue weighted by molar-refractivity contribution is 0.601. The molecule has 0 aliphatic rings. The Morgan fingerprint density at radius 3 is 2.38 bits per heavy atom. The number of nitrogens with one attached hydrogen (secondary N) is 2. The smallest absolute Gasteiger partial charge is 0.261 e. The average molecular weight is 368 g/mol. The topological polar surface area (TPSA) is 84.0 Å². The number of anilines is 2. The molecule has 0 aliphatic heterocycles. The molecule has 0 amide bonds. The van der Waals surface area contributed by atoms with Crippen LogP contribution in [0.5, 0.6) is 0 Å². The predicted octanol–water partition coefficient (Wildman–Crippen LogP) is 3.45. The maximum absolute atomic E-state index is 12.4. The maximum atomic E-state index is 12.4. The number of sulfonamides is 1. The van der Waals surface area contributed by atoms with Crippen molar-refractivity contribution in [3.63, 3.8) is 0 Å². The molecule has 3 rings (SSSR count). The highest BCUT2D eigenvalue weighted by atomic mass is 32.2. The van der Waals surface area contributed by atoms with Crippen molar-refractivity contribution in [3.05, 3.63) is 78.2 Å². The van der Waals surface area contributed by atoms with Gasteiger partial charge >= 0.3 is 0 Å². The Hall–Kier alpha value is -2.93. The molecule has 0 atom stereocenters. The normalized spacial score (nSPS) is 11.1. The van der Waals surface area contributed by atoms with Gasteiger partial charge in [0.2, 0.25) is 0 Å². The molecule has 0 aliphatic carbocycles. The van der Waals surface area contributed by atoms with Crippen molar-refractivity contribution in [2.24, 2.45) is 0 Å². The van der Waals surface area contributed by atoms with Crippen LogP contribution in [0, 0.1) is 0 Å². The van der Waals surface area contributed by atoms with Crippen LogP contribution in [0.15, 0.2) is 72.0 Å². The molecule has 134 valence electrons. The number of benzene rings is 1. The van der Waals surface area contributed by atoms with Crippen LogP contribution in [0.4, 0.5) is 11.5 Å². The third kappa shape index (κ3) is 4.58. The first kappa shape index (κ1) is 17.9. The largest absolute Gasteiger partial charge is 0.366 e. The maximum Gasteiger partial charge on any atom is 0.261 e.